The lowest BCUT2D eigenvalue weighted by atomic mass is 10.1. The Hall–Kier alpha value is -0.810. The normalized spacial score (nSPS) is 19.1. The van der Waals surface area contributed by atoms with Gasteiger partial charge < -0.3 is 20.6 Å². The molecule has 0 aromatic carbocycles. The summed E-state index contributed by atoms with van der Waals surface area (Å²) >= 11 is 0. The van der Waals surface area contributed by atoms with E-state index in [-0.39, 0.29) is 18.7 Å². The first-order valence-electron chi connectivity index (χ1n) is 7.59. The smallest absolute Gasteiger partial charge is 0.315 e. The van der Waals surface area contributed by atoms with Crippen LogP contribution < -0.4 is 10.6 Å². The van der Waals surface area contributed by atoms with Crippen LogP contribution in [0.5, 0.6) is 0 Å². The molecule has 5 heteroatoms. The fourth-order valence-electron chi connectivity index (χ4n) is 2.56. The zero-order valence-electron chi connectivity index (χ0n) is 12.3. The Bertz CT molecular complexity index is 253. The van der Waals surface area contributed by atoms with Crippen LogP contribution in [0.1, 0.15) is 46.0 Å². The molecule has 2 amide bonds. The van der Waals surface area contributed by atoms with E-state index in [9.17, 15) is 4.79 Å². The van der Waals surface area contributed by atoms with Crippen LogP contribution in [0.25, 0.3) is 0 Å². The van der Waals surface area contributed by atoms with Gasteiger partial charge >= 0.3 is 6.03 Å². The molecule has 0 aliphatic carbocycles. The van der Waals surface area contributed by atoms with Gasteiger partial charge in [0.25, 0.3) is 0 Å². The van der Waals surface area contributed by atoms with E-state index in [2.05, 4.69) is 22.5 Å². The second kappa shape index (κ2) is 9.15. The van der Waals surface area contributed by atoms with E-state index in [0.717, 1.165) is 38.9 Å². The van der Waals surface area contributed by atoms with Crippen LogP contribution in [0.15, 0.2) is 0 Å². The van der Waals surface area contributed by atoms with Gasteiger partial charge in [-0.1, -0.05) is 13.8 Å². The molecule has 0 aromatic rings. The molecule has 112 valence electrons. The molecule has 1 atom stereocenters. The van der Waals surface area contributed by atoms with Crippen LogP contribution in [-0.2, 0) is 0 Å². The summed E-state index contributed by atoms with van der Waals surface area (Å²) in [5.41, 5.74) is 0. The van der Waals surface area contributed by atoms with Crippen molar-refractivity contribution in [2.75, 3.05) is 26.2 Å². The van der Waals surface area contributed by atoms with E-state index in [1.807, 2.05) is 6.92 Å². The van der Waals surface area contributed by atoms with E-state index in [1.165, 1.54) is 6.42 Å². The molecule has 1 aliphatic heterocycles. The summed E-state index contributed by atoms with van der Waals surface area (Å²) in [6.45, 7) is 7.65. The first-order valence-corrected chi connectivity index (χ1v) is 7.59. The summed E-state index contributed by atoms with van der Waals surface area (Å²) in [6, 6.07) is 0.277. The molecule has 1 unspecified atom stereocenters. The molecule has 1 aliphatic rings. The summed E-state index contributed by atoms with van der Waals surface area (Å²) in [7, 11) is 0. The maximum atomic E-state index is 11.8. The van der Waals surface area contributed by atoms with Gasteiger partial charge in [-0.3, -0.25) is 0 Å². The number of carbonyl (C=O) groups excluding carboxylic acids is 1. The fourth-order valence-corrected chi connectivity index (χ4v) is 2.56. The van der Waals surface area contributed by atoms with Crippen LogP contribution in [0.4, 0.5) is 4.79 Å². The number of likely N-dealkylation sites (tertiary alicyclic amines) is 1. The van der Waals surface area contributed by atoms with Gasteiger partial charge in [0.2, 0.25) is 0 Å². The third kappa shape index (κ3) is 6.25. The zero-order valence-corrected chi connectivity index (χ0v) is 12.3. The van der Waals surface area contributed by atoms with E-state index in [0.29, 0.717) is 12.5 Å². The van der Waals surface area contributed by atoms with Crippen LogP contribution in [0.2, 0.25) is 0 Å². The maximum absolute atomic E-state index is 11.8. The maximum Gasteiger partial charge on any atom is 0.315 e. The lowest BCUT2D eigenvalue weighted by molar-refractivity contribution is 0.189. The molecular weight excluding hydrogens is 242 g/mol. The van der Waals surface area contributed by atoms with Crippen molar-refractivity contribution in [3.8, 4) is 0 Å². The van der Waals surface area contributed by atoms with Gasteiger partial charge in [-0.15, -0.1) is 0 Å². The Kier molecular flexibility index (Phi) is 7.82. The second-order valence-corrected chi connectivity index (χ2v) is 5.35. The molecule has 0 saturated carbocycles. The molecule has 0 radical (unpaired) electrons. The molecule has 1 saturated heterocycles. The van der Waals surface area contributed by atoms with Gasteiger partial charge in [0, 0.05) is 31.8 Å². The topological polar surface area (TPSA) is 64.6 Å². The van der Waals surface area contributed by atoms with Gasteiger partial charge in [-0.05, 0) is 38.6 Å². The Labute approximate surface area is 116 Å². The Morgan fingerprint density at radius 1 is 1.37 bits per heavy atom. The van der Waals surface area contributed by atoms with E-state index in [1.54, 1.807) is 0 Å². The molecule has 19 heavy (non-hydrogen) atoms. The van der Waals surface area contributed by atoms with Crippen molar-refractivity contribution in [2.24, 2.45) is 0 Å². The van der Waals surface area contributed by atoms with Gasteiger partial charge in [-0.25, -0.2) is 4.79 Å². The number of rotatable bonds is 7. The van der Waals surface area contributed by atoms with Crippen molar-refractivity contribution in [3.05, 3.63) is 0 Å². The molecule has 1 heterocycles. The van der Waals surface area contributed by atoms with E-state index < -0.39 is 0 Å². The average Bonchev–Trinajstić information content (AvgIpc) is 2.41. The van der Waals surface area contributed by atoms with Crippen molar-refractivity contribution < 1.29 is 9.90 Å². The van der Waals surface area contributed by atoms with Crippen molar-refractivity contribution in [1.82, 2.24) is 15.5 Å². The summed E-state index contributed by atoms with van der Waals surface area (Å²) in [4.78, 5) is 14.3. The molecule has 0 aromatic heterocycles. The molecular formula is C14H29N3O2. The first-order chi connectivity index (χ1) is 9.19. The summed E-state index contributed by atoms with van der Waals surface area (Å²) in [5.74, 6) is 0. The van der Waals surface area contributed by atoms with Gasteiger partial charge in [0.1, 0.15) is 0 Å². The molecule has 1 rings (SSSR count). The third-order valence-corrected chi connectivity index (χ3v) is 3.77. The predicted octanol–water partition coefficient (Wildman–Crippen LogP) is 1.32. The molecule has 0 bridgehead atoms. The zero-order chi connectivity index (χ0) is 14.1. The van der Waals surface area contributed by atoms with Gasteiger partial charge in [0.15, 0.2) is 0 Å². The number of nitrogens with zero attached hydrogens (tertiary/aromatic N) is 1. The number of aliphatic hydroxyl groups is 1. The summed E-state index contributed by atoms with van der Waals surface area (Å²) < 4.78 is 0. The highest BCUT2D eigenvalue weighted by Crippen LogP contribution is 2.10. The van der Waals surface area contributed by atoms with Crippen molar-refractivity contribution in [3.63, 3.8) is 0 Å². The number of piperidine rings is 1. The standard InChI is InChI=1S/C14H29N3O2/c1-3-8-17-9-5-13(6-10-17)16-14(19)15-12(4-2)7-11-18/h12-13,18H,3-11H2,1-2H3,(H2,15,16,19). The number of urea groups is 1. The number of hydrogen-bond acceptors (Lipinski definition) is 3. The van der Waals surface area contributed by atoms with Gasteiger partial charge in [-0.2, -0.15) is 0 Å². The molecule has 3 N–H and O–H groups in total. The van der Waals surface area contributed by atoms with Crippen LogP contribution >= 0.6 is 0 Å². The van der Waals surface area contributed by atoms with E-state index >= 15 is 0 Å². The number of hydrogen-bond donors (Lipinski definition) is 3. The Morgan fingerprint density at radius 3 is 2.58 bits per heavy atom. The number of amides is 2. The first kappa shape index (κ1) is 16.2. The predicted molar refractivity (Wildman–Crippen MR) is 77.2 cm³/mol. The quantitative estimate of drug-likeness (QED) is 0.654. The molecule has 5 nitrogen and oxygen atoms in total. The van der Waals surface area contributed by atoms with Crippen LogP contribution in [0.3, 0.4) is 0 Å². The third-order valence-electron chi connectivity index (χ3n) is 3.77. The van der Waals surface area contributed by atoms with Crippen molar-refractivity contribution in [2.45, 2.75) is 58.0 Å². The highest BCUT2D eigenvalue weighted by molar-refractivity contribution is 5.74. The lowest BCUT2D eigenvalue weighted by Crippen LogP contribution is -2.50. The Balaban J connectivity index is 2.22. The van der Waals surface area contributed by atoms with Crippen molar-refractivity contribution >= 4 is 6.03 Å². The monoisotopic (exact) mass is 271 g/mol. The van der Waals surface area contributed by atoms with Gasteiger partial charge in [0.05, 0.1) is 0 Å². The Morgan fingerprint density at radius 2 is 2.05 bits per heavy atom. The minimum Gasteiger partial charge on any atom is -0.396 e. The SMILES string of the molecule is CCCN1CCC(NC(=O)NC(CC)CCO)CC1. The summed E-state index contributed by atoms with van der Waals surface area (Å²) in [5, 5.41) is 14.9. The second-order valence-electron chi connectivity index (χ2n) is 5.35. The summed E-state index contributed by atoms with van der Waals surface area (Å²) in [6.07, 6.45) is 4.73. The largest absolute Gasteiger partial charge is 0.396 e. The minimum absolute atomic E-state index is 0.0742. The number of nitrogens with one attached hydrogen (secondary N) is 2. The average molecular weight is 271 g/mol. The van der Waals surface area contributed by atoms with Crippen LogP contribution in [-0.4, -0.2) is 54.4 Å². The van der Waals surface area contributed by atoms with E-state index in [4.69, 9.17) is 5.11 Å². The number of aliphatic hydroxyl groups excluding tert-OH is 1. The fraction of sp³-hybridized carbons (Fsp3) is 0.929. The van der Waals surface area contributed by atoms with Crippen molar-refractivity contribution in [1.29, 1.82) is 0 Å². The lowest BCUT2D eigenvalue weighted by Gasteiger charge is -2.32. The minimum atomic E-state index is -0.0887. The molecule has 1 fully saturated rings. The molecule has 0 spiro atoms. The highest BCUT2D eigenvalue weighted by atomic mass is 16.3. The highest BCUT2D eigenvalue weighted by Gasteiger charge is 2.20. The van der Waals surface area contributed by atoms with Crippen LogP contribution in [0, 0.1) is 0 Å². The number of carbonyl (C=O) groups is 1.